The van der Waals surface area contributed by atoms with Gasteiger partial charge in [0.15, 0.2) is 15.7 Å². The number of aryl methyl sites for hydroxylation is 1. The Morgan fingerprint density at radius 1 is 1.26 bits per heavy atom. The van der Waals surface area contributed by atoms with Crippen LogP contribution in [0, 0.1) is 0 Å². The van der Waals surface area contributed by atoms with Gasteiger partial charge in [0.25, 0.3) is 0 Å². The molecule has 1 fully saturated rings. The zero-order valence-electron chi connectivity index (χ0n) is 17.3. The fourth-order valence-corrected chi connectivity index (χ4v) is 4.71. The summed E-state index contributed by atoms with van der Waals surface area (Å²) in [6.07, 6.45) is 9.87. The van der Waals surface area contributed by atoms with E-state index in [9.17, 15) is 13.2 Å². The summed E-state index contributed by atoms with van der Waals surface area (Å²) in [5, 5.41) is 0. The van der Waals surface area contributed by atoms with Crippen molar-refractivity contribution in [3.63, 3.8) is 0 Å². The second-order valence-corrected chi connectivity index (χ2v) is 9.69. The van der Waals surface area contributed by atoms with Crippen molar-refractivity contribution in [1.82, 2.24) is 19.9 Å². The number of likely N-dealkylation sites (tertiary alicyclic amines) is 1. The molecule has 0 saturated carbocycles. The zero-order valence-corrected chi connectivity index (χ0v) is 18.1. The highest BCUT2D eigenvalue weighted by atomic mass is 32.2. The molecule has 3 aromatic rings. The molecule has 31 heavy (non-hydrogen) atoms. The number of pyridine rings is 1. The number of furan rings is 1. The smallest absolute Gasteiger partial charge is 0.223 e. The van der Waals surface area contributed by atoms with Gasteiger partial charge < -0.3 is 9.32 Å². The van der Waals surface area contributed by atoms with E-state index in [1.807, 2.05) is 6.07 Å². The standard InChI is InChI=1S/C22H24N4O4S/c1-31(28,29)19-14-24-22(16-8-10-23-11-9-16)25-21(19)17-4-2-12-26(15-17)20(27)7-6-18-5-3-13-30-18/h3,5,8-11,13-14,17H,2,4,6-7,12,15H2,1H3/t17-/m1/s1. The fraction of sp³-hybridized carbons (Fsp3) is 0.364. The molecule has 0 radical (unpaired) electrons. The van der Waals surface area contributed by atoms with Crippen LogP contribution in [0.2, 0.25) is 0 Å². The van der Waals surface area contributed by atoms with Crippen molar-refractivity contribution in [1.29, 1.82) is 0 Å². The molecule has 4 rings (SSSR count). The van der Waals surface area contributed by atoms with Gasteiger partial charge in [-0.15, -0.1) is 0 Å². The van der Waals surface area contributed by atoms with Crippen LogP contribution in [0.15, 0.2) is 58.4 Å². The van der Waals surface area contributed by atoms with Gasteiger partial charge in [-0.1, -0.05) is 0 Å². The van der Waals surface area contributed by atoms with Crippen LogP contribution in [0.5, 0.6) is 0 Å². The summed E-state index contributed by atoms with van der Waals surface area (Å²) in [4.78, 5) is 27.6. The number of aromatic nitrogens is 3. The summed E-state index contributed by atoms with van der Waals surface area (Å²) in [6.45, 7) is 1.09. The van der Waals surface area contributed by atoms with Crippen LogP contribution in [-0.4, -0.2) is 53.5 Å². The fourth-order valence-electron chi connectivity index (χ4n) is 3.87. The second-order valence-electron chi connectivity index (χ2n) is 7.71. The van der Waals surface area contributed by atoms with Crippen LogP contribution >= 0.6 is 0 Å². The van der Waals surface area contributed by atoms with Gasteiger partial charge in [-0.2, -0.15) is 0 Å². The summed E-state index contributed by atoms with van der Waals surface area (Å²) in [6, 6.07) is 7.22. The molecule has 0 bridgehead atoms. The molecule has 162 valence electrons. The Hall–Kier alpha value is -3.07. The molecule has 1 aliphatic rings. The van der Waals surface area contributed by atoms with Gasteiger partial charge in [-0.05, 0) is 37.1 Å². The van der Waals surface area contributed by atoms with Crippen molar-refractivity contribution in [3.8, 4) is 11.4 Å². The lowest BCUT2D eigenvalue weighted by atomic mass is 9.94. The number of nitrogens with zero attached hydrogens (tertiary/aromatic N) is 4. The number of sulfone groups is 1. The first-order valence-corrected chi connectivity index (χ1v) is 12.1. The minimum atomic E-state index is -3.51. The van der Waals surface area contributed by atoms with Crippen LogP contribution in [0.4, 0.5) is 0 Å². The highest BCUT2D eigenvalue weighted by Gasteiger charge is 2.30. The number of hydrogen-bond donors (Lipinski definition) is 0. The quantitative estimate of drug-likeness (QED) is 0.580. The van der Waals surface area contributed by atoms with E-state index in [4.69, 9.17) is 4.42 Å². The molecule has 0 N–H and O–H groups in total. The normalized spacial score (nSPS) is 16.9. The molecule has 3 aromatic heterocycles. The number of amides is 1. The maximum absolute atomic E-state index is 12.8. The van der Waals surface area contributed by atoms with Gasteiger partial charge in [0.2, 0.25) is 5.91 Å². The van der Waals surface area contributed by atoms with Crippen molar-refractivity contribution in [2.75, 3.05) is 19.3 Å². The van der Waals surface area contributed by atoms with E-state index in [2.05, 4.69) is 15.0 Å². The van der Waals surface area contributed by atoms with E-state index >= 15 is 0 Å². The molecular formula is C22H24N4O4S. The maximum Gasteiger partial charge on any atom is 0.223 e. The van der Waals surface area contributed by atoms with Crippen LogP contribution in [0.1, 0.15) is 36.6 Å². The summed E-state index contributed by atoms with van der Waals surface area (Å²) >= 11 is 0. The summed E-state index contributed by atoms with van der Waals surface area (Å²) in [5.41, 5.74) is 1.24. The molecule has 0 aromatic carbocycles. The van der Waals surface area contributed by atoms with E-state index in [1.54, 1.807) is 41.8 Å². The zero-order chi connectivity index (χ0) is 21.8. The Morgan fingerprint density at radius 2 is 2.06 bits per heavy atom. The van der Waals surface area contributed by atoms with Crippen LogP contribution in [-0.2, 0) is 21.1 Å². The highest BCUT2D eigenvalue weighted by molar-refractivity contribution is 7.90. The third kappa shape index (κ3) is 4.99. The van der Waals surface area contributed by atoms with E-state index in [-0.39, 0.29) is 16.7 Å². The van der Waals surface area contributed by atoms with Crippen molar-refractivity contribution in [3.05, 3.63) is 60.6 Å². The van der Waals surface area contributed by atoms with Crippen molar-refractivity contribution in [2.45, 2.75) is 36.5 Å². The average molecular weight is 441 g/mol. The van der Waals surface area contributed by atoms with E-state index in [1.165, 1.54) is 6.20 Å². The molecule has 8 nitrogen and oxygen atoms in total. The van der Waals surface area contributed by atoms with Gasteiger partial charge in [-0.25, -0.2) is 18.4 Å². The minimum Gasteiger partial charge on any atom is -0.469 e. The van der Waals surface area contributed by atoms with Gasteiger partial charge in [0.1, 0.15) is 10.7 Å². The molecule has 0 spiro atoms. The minimum absolute atomic E-state index is 0.0328. The second kappa shape index (κ2) is 8.97. The average Bonchev–Trinajstić information content (AvgIpc) is 3.31. The third-order valence-electron chi connectivity index (χ3n) is 5.45. The van der Waals surface area contributed by atoms with E-state index < -0.39 is 9.84 Å². The number of rotatable bonds is 6. The van der Waals surface area contributed by atoms with Gasteiger partial charge in [-0.3, -0.25) is 9.78 Å². The lowest BCUT2D eigenvalue weighted by Crippen LogP contribution is -2.39. The molecule has 0 aliphatic carbocycles. The number of carbonyl (C=O) groups excluding carboxylic acids is 1. The Morgan fingerprint density at radius 3 is 2.77 bits per heavy atom. The molecule has 4 heterocycles. The van der Waals surface area contributed by atoms with Crippen molar-refractivity contribution in [2.24, 2.45) is 0 Å². The van der Waals surface area contributed by atoms with Crippen molar-refractivity contribution >= 4 is 15.7 Å². The first kappa shape index (κ1) is 21.2. The van der Waals surface area contributed by atoms with E-state index in [0.717, 1.165) is 30.4 Å². The molecule has 1 saturated heterocycles. The van der Waals surface area contributed by atoms with Crippen LogP contribution in [0.3, 0.4) is 0 Å². The Balaban J connectivity index is 1.58. The lowest BCUT2D eigenvalue weighted by Gasteiger charge is -2.33. The van der Waals surface area contributed by atoms with Crippen LogP contribution in [0.25, 0.3) is 11.4 Å². The molecular weight excluding hydrogens is 416 g/mol. The summed E-state index contributed by atoms with van der Waals surface area (Å²) < 4.78 is 30.1. The molecule has 0 unspecified atom stereocenters. The highest BCUT2D eigenvalue weighted by Crippen LogP contribution is 2.31. The predicted octanol–water partition coefficient (Wildman–Crippen LogP) is 2.87. The summed E-state index contributed by atoms with van der Waals surface area (Å²) in [7, 11) is -3.51. The SMILES string of the molecule is CS(=O)(=O)c1cnc(-c2ccncc2)nc1[C@@H]1CCCN(C(=O)CCc2ccco2)C1. The number of piperidine rings is 1. The first-order valence-electron chi connectivity index (χ1n) is 10.2. The molecule has 1 amide bonds. The van der Waals surface area contributed by atoms with Gasteiger partial charge in [0.05, 0.1) is 12.0 Å². The predicted molar refractivity (Wildman–Crippen MR) is 114 cm³/mol. The van der Waals surface area contributed by atoms with E-state index in [0.29, 0.717) is 37.4 Å². The first-order chi connectivity index (χ1) is 14.9. The lowest BCUT2D eigenvalue weighted by molar-refractivity contribution is -0.132. The topological polar surface area (TPSA) is 106 Å². The van der Waals surface area contributed by atoms with Gasteiger partial charge >= 0.3 is 0 Å². The molecule has 1 aliphatic heterocycles. The van der Waals surface area contributed by atoms with Crippen LogP contribution < -0.4 is 0 Å². The molecule has 1 atom stereocenters. The summed E-state index contributed by atoms with van der Waals surface area (Å²) in [5.74, 6) is 1.09. The largest absolute Gasteiger partial charge is 0.469 e. The number of hydrogen-bond acceptors (Lipinski definition) is 7. The molecule has 9 heteroatoms. The Bertz CT molecular complexity index is 1150. The maximum atomic E-state index is 12.8. The van der Waals surface area contributed by atoms with Crippen molar-refractivity contribution < 1.29 is 17.6 Å². The third-order valence-corrected chi connectivity index (χ3v) is 6.56. The van der Waals surface area contributed by atoms with Gasteiger partial charge in [0, 0.05) is 62.3 Å². The monoisotopic (exact) mass is 440 g/mol. The Kier molecular flexibility index (Phi) is 6.13. The number of carbonyl (C=O) groups is 1. The Labute approximate surface area is 181 Å².